The second-order valence-electron chi connectivity index (χ2n) is 23.9. The van der Waals surface area contributed by atoms with Crippen LogP contribution in [0.25, 0.3) is 0 Å². The molecule has 7 heterocycles. The van der Waals surface area contributed by atoms with E-state index in [9.17, 15) is 50.4 Å². The minimum absolute atomic E-state index is 0.00550. The van der Waals surface area contributed by atoms with Crippen molar-refractivity contribution in [1.82, 2.24) is 24.6 Å². The molecule has 0 radical (unpaired) electrons. The van der Waals surface area contributed by atoms with Gasteiger partial charge in [0.2, 0.25) is 0 Å². The first-order chi connectivity index (χ1) is 40.0. The third-order valence-corrected chi connectivity index (χ3v) is 17.9. The molecule has 28 N–H and O–H groups in total. The minimum atomic E-state index is -1.52. The van der Waals surface area contributed by atoms with Gasteiger partial charge >= 0.3 is 0 Å². The Morgan fingerprint density at radius 3 is 1.10 bits per heavy atom. The standard InChI is InChI=1S/C51H91N15O18/c52-14-30-28(67)12-26(58)48(77-30)81-42-22(54)10-24(56)44(40(42)73)83-50-38(71)34(60)36(69)32(79-50)18-63-1-5-65(6-2-63)46(75)20-9-21(17-62-16-20)47(76)66-7-3-64(4-8-66)19-33-37(70)35(61)39(72)51(80-33)84-45-25(57)11-23(55)43(41(45)74)82-49-27(59)13-29(68)31(15-53)78-49/h9,16-17,22-45,48-51,67-74H,1-8,10-15,18-19,52-61H2. The van der Waals surface area contributed by atoms with E-state index < -0.39 is 171 Å². The maximum atomic E-state index is 13.9. The van der Waals surface area contributed by atoms with Crippen LogP contribution in [0.2, 0.25) is 0 Å². The van der Waals surface area contributed by atoms with Gasteiger partial charge in [0.15, 0.2) is 25.2 Å². The van der Waals surface area contributed by atoms with Crippen molar-refractivity contribution in [1.29, 1.82) is 0 Å². The molecule has 2 amide bonds. The van der Waals surface area contributed by atoms with Gasteiger partial charge in [0.05, 0.1) is 71.9 Å². The smallest absolute Gasteiger partial charge is 0.255 e. The van der Waals surface area contributed by atoms with E-state index in [4.69, 9.17) is 95.2 Å². The fourth-order valence-corrected chi connectivity index (χ4v) is 12.7. The number of aliphatic hydroxyl groups is 8. The van der Waals surface area contributed by atoms with E-state index in [1.165, 1.54) is 18.5 Å². The number of amides is 2. The fraction of sp³-hybridized carbons (Fsp3) is 0.863. The summed E-state index contributed by atoms with van der Waals surface area (Å²) in [4.78, 5) is 39.2. The molecule has 2 aliphatic carbocycles. The molecule has 478 valence electrons. The number of nitrogens with zero attached hydrogens (tertiary/aromatic N) is 5. The van der Waals surface area contributed by atoms with Crippen molar-refractivity contribution in [2.75, 3.05) is 78.5 Å². The zero-order valence-corrected chi connectivity index (χ0v) is 46.9. The maximum absolute atomic E-state index is 13.9. The summed E-state index contributed by atoms with van der Waals surface area (Å²) in [5.74, 6) is -0.691. The van der Waals surface area contributed by atoms with Crippen LogP contribution in [0, 0.1) is 0 Å². The molecule has 9 rings (SSSR count). The van der Waals surface area contributed by atoms with Crippen LogP contribution in [0.5, 0.6) is 0 Å². The van der Waals surface area contributed by atoms with Gasteiger partial charge in [-0.2, -0.15) is 0 Å². The van der Waals surface area contributed by atoms with Gasteiger partial charge in [-0.15, -0.1) is 0 Å². The first-order valence-corrected chi connectivity index (χ1v) is 29.1. The van der Waals surface area contributed by atoms with Crippen molar-refractivity contribution in [3.05, 3.63) is 29.6 Å². The van der Waals surface area contributed by atoms with Crippen LogP contribution in [0.4, 0.5) is 0 Å². The lowest BCUT2D eigenvalue weighted by Crippen LogP contribution is -2.68. The van der Waals surface area contributed by atoms with Crippen LogP contribution in [-0.4, -0.2) is 327 Å². The Labute approximate surface area is 485 Å². The maximum Gasteiger partial charge on any atom is 0.255 e. The fourth-order valence-electron chi connectivity index (χ4n) is 12.7. The van der Waals surface area contributed by atoms with Crippen LogP contribution >= 0.6 is 0 Å². The van der Waals surface area contributed by atoms with E-state index in [1.54, 1.807) is 9.80 Å². The topological polar surface area (TPSA) is 556 Å². The zero-order valence-electron chi connectivity index (χ0n) is 46.9. The molecule has 33 heteroatoms. The molecule has 6 saturated heterocycles. The predicted molar refractivity (Wildman–Crippen MR) is 291 cm³/mol. The van der Waals surface area contributed by atoms with Crippen LogP contribution in [-0.2, 0) is 37.9 Å². The molecule has 1 aromatic heterocycles. The highest BCUT2D eigenvalue weighted by atomic mass is 16.7. The molecular weight excluding hydrogens is 1110 g/mol. The van der Waals surface area contributed by atoms with E-state index in [2.05, 4.69) is 4.98 Å². The number of rotatable bonds is 16. The summed E-state index contributed by atoms with van der Waals surface area (Å²) in [5.41, 5.74) is 62.6. The summed E-state index contributed by atoms with van der Waals surface area (Å²) in [6, 6.07) is -5.64. The highest BCUT2D eigenvalue weighted by Crippen LogP contribution is 2.34. The first-order valence-electron chi connectivity index (χ1n) is 29.1. The molecule has 8 fully saturated rings. The number of hydrogen-bond donors (Lipinski definition) is 18. The predicted octanol–water partition coefficient (Wildman–Crippen LogP) is -12.0. The highest BCUT2D eigenvalue weighted by Gasteiger charge is 2.53. The number of aromatic nitrogens is 1. The number of carbonyl (C=O) groups excluding carboxylic acids is 2. The molecular formula is C51H91N15O18. The number of piperazine rings is 2. The number of aliphatic hydroxyl groups excluding tert-OH is 8. The molecule has 2 saturated carbocycles. The average Bonchev–Trinajstić information content (AvgIpc) is 3.60. The lowest BCUT2D eigenvalue weighted by molar-refractivity contribution is -0.313. The van der Waals surface area contributed by atoms with E-state index in [1.807, 2.05) is 9.80 Å². The van der Waals surface area contributed by atoms with E-state index in [-0.39, 0.29) is 101 Å². The Balaban J connectivity index is 0.734. The summed E-state index contributed by atoms with van der Waals surface area (Å²) in [6.07, 6.45) is -20.0. The second kappa shape index (κ2) is 28.2. The highest BCUT2D eigenvalue weighted by molar-refractivity contribution is 5.99. The number of nitrogens with two attached hydrogens (primary N) is 10. The van der Waals surface area contributed by atoms with Gasteiger partial charge in [-0.1, -0.05) is 0 Å². The molecule has 0 bridgehead atoms. The monoisotopic (exact) mass is 1200 g/mol. The molecule has 0 aromatic carbocycles. The Morgan fingerprint density at radius 2 is 0.762 bits per heavy atom. The van der Waals surface area contributed by atoms with Gasteiger partial charge in [-0.25, -0.2) is 0 Å². The van der Waals surface area contributed by atoms with Crippen molar-refractivity contribution in [2.45, 2.75) is 197 Å². The minimum Gasteiger partial charge on any atom is -0.390 e. The van der Waals surface area contributed by atoms with Gasteiger partial charge in [0.1, 0.15) is 61.0 Å². The number of hydrogen-bond acceptors (Lipinski definition) is 31. The lowest BCUT2D eigenvalue weighted by Gasteiger charge is -2.48. The molecule has 0 spiro atoms. The normalized spacial score (nSPS) is 45.8. The SMILES string of the molecule is NCC1OC(OC2C(N)CC(N)C(OC3OC(CN4CCN(C(=O)c5cncc(C(=O)N6CCN(CC7OC(OC8C(N)CC(N)C(OC9OC(CN)C(O)CC9N)C8O)C(O)C(N)C7O)CC6)c5)CC4)C(O)C(N)C3O)C2O)C(N)CC1O. The van der Waals surface area contributed by atoms with Crippen molar-refractivity contribution in [3.8, 4) is 0 Å². The largest absolute Gasteiger partial charge is 0.390 e. The van der Waals surface area contributed by atoms with Gasteiger partial charge in [-0.3, -0.25) is 24.4 Å². The zero-order chi connectivity index (χ0) is 60.6. The summed E-state index contributed by atoms with van der Waals surface area (Å²) in [6.45, 7) is 2.79. The third-order valence-electron chi connectivity index (χ3n) is 17.9. The third kappa shape index (κ3) is 14.3. The van der Waals surface area contributed by atoms with E-state index in [0.29, 0.717) is 26.2 Å². The van der Waals surface area contributed by atoms with Gasteiger partial charge in [0, 0.05) is 115 Å². The van der Waals surface area contributed by atoms with Crippen molar-refractivity contribution in [3.63, 3.8) is 0 Å². The molecule has 6 aliphatic heterocycles. The Morgan fingerprint density at radius 1 is 0.440 bits per heavy atom. The van der Waals surface area contributed by atoms with Crippen LogP contribution < -0.4 is 57.3 Å². The van der Waals surface area contributed by atoms with Crippen LogP contribution in [0.1, 0.15) is 46.4 Å². The Bertz CT molecular complexity index is 2160. The first kappa shape index (κ1) is 65.4. The second-order valence-corrected chi connectivity index (χ2v) is 23.9. The van der Waals surface area contributed by atoms with Gasteiger partial charge in [-0.05, 0) is 31.7 Å². The van der Waals surface area contributed by atoms with Crippen molar-refractivity contribution in [2.24, 2.45) is 57.3 Å². The lowest BCUT2D eigenvalue weighted by atomic mass is 9.84. The summed E-state index contributed by atoms with van der Waals surface area (Å²) >= 11 is 0. The molecule has 84 heavy (non-hydrogen) atoms. The molecule has 33 nitrogen and oxygen atoms in total. The van der Waals surface area contributed by atoms with E-state index >= 15 is 0 Å². The summed E-state index contributed by atoms with van der Waals surface area (Å²) in [7, 11) is 0. The molecule has 8 aliphatic rings. The van der Waals surface area contributed by atoms with Crippen LogP contribution in [0.3, 0.4) is 0 Å². The molecule has 28 atom stereocenters. The molecule has 1 aromatic rings. The quantitative estimate of drug-likeness (QED) is 0.0731. The Hall–Kier alpha value is -3.03. The summed E-state index contributed by atoms with van der Waals surface area (Å²) in [5, 5.41) is 88.3. The van der Waals surface area contributed by atoms with Crippen molar-refractivity contribution >= 4 is 11.8 Å². The average molecular weight is 1200 g/mol. The number of carbonyl (C=O) groups is 2. The van der Waals surface area contributed by atoms with Gasteiger partial charge < -0.3 is 146 Å². The van der Waals surface area contributed by atoms with E-state index in [0.717, 1.165) is 0 Å². The van der Waals surface area contributed by atoms with Crippen molar-refractivity contribution < 1.29 is 88.3 Å². The number of ether oxygens (including phenoxy) is 8. The molecule has 28 unspecified atom stereocenters. The van der Waals surface area contributed by atoms with Crippen LogP contribution in [0.15, 0.2) is 18.5 Å². The Kier molecular flexibility index (Phi) is 22.0. The summed E-state index contributed by atoms with van der Waals surface area (Å²) < 4.78 is 48.3. The number of pyridine rings is 1. The van der Waals surface area contributed by atoms with Gasteiger partial charge in [0.25, 0.3) is 11.8 Å².